The lowest BCUT2D eigenvalue weighted by atomic mass is 10.0. The topological polar surface area (TPSA) is 163 Å². The number of carboxylic acid groups (broad SMARTS) is 1. The maximum Gasteiger partial charge on any atom is 0.326 e. The van der Waals surface area contributed by atoms with E-state index < -0.39 is 29.9 Å². The number of hydrogen-bond donors (Lipinski definition) is 6. The van der Waals surface area contributed by atoms with Crippen molar-refractivity contribution >= 4 is 23.7 Å². The van der Waals surface area contributed by atoms with E-state index in [0.29, 0.717) is 19.4 Å². The van der Waals surface area contributed by atoms with E-state index in [-0.39, 0.29) is 30.8 Å². The lowest BCUT2D eigenvalue weighted by Crippen LogP contribution is -2.55. The smallest absolute Gasteiger partial charge is 0.326 e. The molecule has 0 aliphatic carbocycles. The Labute approximate surface area is 165 Å². The second-order valence-corrected chi connectivity index (χ2v) is 7.34. The highest BCUT2D eigenvalue weighted by molar-refractivity contribution is 5.92. The average molecular weight is 399 g/mol. The third-order valence-electron chi connectivity index (χ3n) is 4.63. The number of unbranched alkanes of at least 4 members (excludes halogenated alkanes) is 1. The molecule has 1 aliphatic heterocycles. The van der Waals surface area contributed by atoms with Gasteiger partial charge in [-0.05, 0) is 51.1 Å². The summed E-state index contributed by atoms with van der Waals surface area (Å²) in [6, 6.07) is -2.22. The van der Waals surface area contributed by atoms with Crippen LogP contribution in [-0.2, 0) is 19.2 Å². The summed E-state index contributed by atoms with van der Waals surface area (Å²) in [6.45, 7) is 4.47. The molecule has 0 bridgehead atoms. The first-order chi connectivity index (χ1) is 13.3. The van der Waals surface area contributed by atoms with Crippen LogP contribution in [0.1, 0.15) is 46.0 Å². The summed E-state index contributed by atoms with van der Waals surface area (Å²) < 4.78 is 0. The van der Waals surface area contributed by atoms with Crippen molar-refractivity contribution in [1.29, 1.82) is 0 Å². The molecule has 160 valence electrons. The van der Waals surface area contributed by atoms with Gasteiger partial charge in [-0.15, -0.1) is 0 Å². The molecule has 1 fully saturated rings. The fourth-order valence-corrected chi connectivity index (χ4v) is 2.97. The fourth-order valence-electron chi connectivity index (χ4n) is 2.97. The predicted molar refractivity (Wildman–Crippen MR) is 103 cm³/mol. The molecule has 0 spiro atoms. The molecule has 0 radical (unpaired) electrons. The van der Waals surface area contributed by atoms with Crippen molar-refractivity contribution < 1.29 is 24.3 Å². The monoisotopic (exact) mass is 399 g/mol. The number of carbonyl (C=O) groups excluding carboxylic acids is 3. The van der Waals surface area contributed by atoms with Crippen molar-refractivity contribution in [3.63, 3.8) is 0 Å². The van der Waals surface area contributed by atoms with Gasteiger partial charge in [0.1, 0.15) is 12.1 Å². The molecule has 0 aromatic rings. The highest BCUT2D eigenvalue weighted by Crippen LogP contribution is 2.06. The Morgan fingerprint density at radius 2 is 1.89 bits per heavy atom. The van der Waals surface area contributed by atoms with Gasteiger partial charge >= 0.3 is 5.97 Å². The second kappa shape index (κ2) is 12.3. The SMILES string of the molecule is CC(C)C(NC(=O)CNC(=O)C1CCCN1)C(=O)NC(CCCCN)C(=O)O. The Balaban J connectivity index is 2.54. The van der Waals surface area contributed by atoms with Gasteiger partial charge in [-0.2, -0.15) is 0 Å². The molecule has 3 amide bonds. The third kappa shape index (κ3) is 8.22. The molecule has 3 unspecified atom stereocenters. The molecule has 0 aromatic heterocycles. The normalized spacial score (nSPS) is 18.4. The Morgan fingerprint density at radius 1 is 1.18 bits per heavy atom. The summed E-state index contributed by atoms with van der Waals surface area (Å²) in [7, 11) is 0. The zero-order valence-electron chi connectivity index (χ0n) is 16.6. The molecular weight excluding hydrogens is 366 g/mol. The summed E-state index contributed by atoms with van der Waals surface area (Å²) in [4.78, 5) is 48.0. The largest absolute Gasteiger partial charge is 0.480 e. The quantitative estimate of drug-likeness (QED) is 0.222. The van der Waals surface area contributed by atoms with Crippen LogP contribution in [0.2, 0.25) is 0 Å². The first-order valence-corrected chi connectivity index (χ1v) is 9.80. The van der Waals surface area contributed by atoms with E-state index in [1.54, 1.807) is 13.8 Å². The molecule has 10 nitrogen and oxygen atoms in total. The number of aliphatic carboxylic acids is 1. The number of nitrogens with two attached hydrogens (primary N) is 1. The molecule has 28 heavy (non-hydrogen) atoms. The van der Waals surface area contributed by atoms with Crippen LogP contribution < -0.4 is 27.0 Å². The molecule has 7 N–H and O–H groups in total. The van der Waals surface area contributed by atoms with Crippen molar-refractivity contribution in [3.8, 4) is 0 Å². The Kier molecular flexibility index (Phi) is 10.5. The van der Waals surface area contributed by atoms with Crippen molar-refractivity contribution in [1.82, 2.24) is 21.3 Å². The van der Waals surface area contributed by atoms with Gasteiger partial charge in [0.15, 0.2) is 0 Å². The number of rotatable bonds is 12. The van der Waals surface area contributed by atoms with Crippen LogP contribution in [-0.4, -0.2) is 66.6 Å². The fraction of sp³-hybridized carbons (Fsp3) is 0.778. The van der Waals surface area contributed by atoms with Crippen molar-refractivity contribution in [2.75, 3.05) is 19.6 Å². The highest BCUT2D eigenvalue weighted by Gasteiger charge is 2.29. The first-order valence-electron chi connectivity index (χ1n) is 9.80. The zero-order valence-corrected chi connectivity index (χ0v) is 16.6. The van der Waals surface area contributed by atoms with E-state index in [1.165, 1.54) is 0 Å². The van der Waals surface area contributed by atoms with Gasteiger partial charge in [0, 0.05) is 0 Å². The molecule has 1 saturated heterocycles. The van der Waals surface area contributed by atoms with Crippen LogP contribution in [0, 0.1) is 5.92 Å². The summed E-state index contributed by atoms with van der Waals surface area (Å²) in [5, 5.41) is 19.9. The highest BCUT2D eigenvalue weighted by atomic mass is 16.4. The van der Waals surface area contributed by atoms with Crippen LogP contribution in [0.15, 0.2) is 0 Å². The van der Waals surface area contributed by atoms with Crippen molar-refractivity contribution in [3.05, 3.63) is 0 Å². The van der Waals surface area contributed by atoms with E-state index in [9.17, 15) is 24.3 Å². The van der Waals surface area contributed by atoms with Crippen LogP contribution in [0.4, 0.5) is 0 Å². The lowest BCUT2D eigenvalue weighted by Gasteiger charge is -2.24. The summed E-state index contributed by atoms with van der Waals surface area (Å²) in [6.07, 6.45) is 3.15. The standard InChI is InChI=1S/C18H33N5O5/c1-11(2)15(17(26)22-13(18(27)28)6-3-4-8-19)23-14(24)10-21-16(25)12-7-5-9-20-12/h11-13,15,20H,3-10,19H2,1-2H3,(H,21,25)(H,22,26)(H,23,24)(H,27,28). The average Bonchev–Trinajstić information content (AvgIpc) is 3.17. The van der Waals surface area contributed by atoms with Crippen LogP contribution >= 0.6 is 0 Å². The number of amides is 3. The number of carboxylic acids is 1. The van der Waals surface area contributed by atoms with Gasteiger partial charge in [0.05, 0.1) is 12.6 Å². The minimum absolute atomic E-state index is 0.244. The van der Waals surface area contributed by atoms with Gasteiger partial charge in [-0.1, -0.05) is 13.8 Å². The van der Waals surface area contributed by atoms with E-state index in [2.05, 4.69) is 21.3 Å². The summed E-state index contributed by atoms with van der Waals surface area (Å²) in [5.41, 5.74) is 5.41. The van der Waals surface area contributed by atoms with E-state index in [4.69, 9.17) is 5.73 Å². The van der Waals surface area contributed by atoms with Gasteiger partial charge in [0.2, 0.25) is 17.7 Å². The Morgan fingerprint density at radius 3 is 2.43 bits per heavy atom. The number of hydrogen-bond acceptors (Lipinski definition) is 6. The molecular formula is C18H33N5O5. The molecule has 0 aromatic carbocycles. The van der Waals surface area contributed by atoms with Gasteiger partial charge < -0.3 is 32.1 Å². The summed E-state index contributed by atoms with van der Waals surface area (Å²) >= 11 is 0. The lowest BCUT2D eigenvalue weighted by molar-refractivity contribution is -0.142. The molecule has 1 rings (SSSR count). The number of carbonyl (C=O) groups is 4. The van der Waals surface area contributed by atoms with E-state index >= 15 is 0 Å². The molecule has 1 aliphatic rings. The molecule has 3 atom stereocenters. The molecule has 10 heteroatoms. The van der Waals surface area contributed by atoms with Crippen molar-refractivity contribution in [2.24, 2.45) is 11.7 Å². The van der Waals surface area contributed by atoms with E-state index in [1.807, 2.05) is 0 Å². The predicted octanol–water partition coefficient (Wildman–Crippen LogP) is -1.31. The summed E-state index contributed by atoms with van der Waals surface area (Å²) in [5.74, 6) is -2.70. The molecule has 1 heterocycles. The van der Waals surface area contributed by atoms with Crippen LogP contribution in [0.5, 0.6) is 0 Å². The second-order valence-electron chi connectivity index (χ2n) is 7.34. The number of nitrogens with one attached hydrogen (secondary N) is 4. The van der Waals surface area contributed by atoms with Gasteiger partial charge in [-0.25, -0.2) is 4.79 Å². The maximum absolute atomic E-state index is 12.5. The minimum Gasteiger partial charge on any atom is -0.480 e. The van der Waals surface area contributed by atoms with Crippen LogP contribution in [0.3, 0.4) is 0 Å². The zero-order chi connectivity index (χ0) is 21.1. The van der Waals surface area contributed by atoms with E-state index in [0.717, 1.165) is 19.4 Å². The minimum atomic E-state index is -1.13. The van der Waals surface area contributed by atoms with Crippen molar-refractivity contribution in [2.45, 2.75) is 64.1 Å². The Hall–Kier alpha value is -2.20. The van der Waals surface area contributed by atoms with Gasteiger partial charge in [0.25, 0.3) is 0 Å². The van der Waals surface area contributed by atoms with Crippen LogP contribution in [0.25, 0.3) is 0 Å². The first kappa shape index (κ1) is 23.8. The third-order valence-corrected chi connectivity index (χ3v) is 4.63. The molecule has 0 saturated carbocycles. The van der Waals surface area contributed by atoms with Gasteiger partial charge in [-0.3, -0.25) is 14.4 Å². The maximum atomic E-state index is 12.5. The Bertz CT molecular complexity index is 548.